The number of nitrogens with zero attached hydrogens (tertiary/aromatic N) is 1. The lowest BCUT2D eigenvalue weighted by molar-refractivity contribution is 0.122. The van der Waals surface area contributed by atoms with Gasteiger partial charge in [0, 0.05) is 19.2 Å². The summed E-state index contributed by atoms with van der Waals surface area (Å²) in [5.41, 5.74) is 3.37. The van der Waals surface area contributed by atoms with Crippen molar-refractivity contribution in [2.24, 2.45) is 0 Å². The number of hydrogen-bond acceptors (Lipinski definition) is 4. The zero-order chi connectivity index (χ0) is 19.0. The molecule has 1 aliphatic rings. The zero-order valence-corrected chi connectivity index (χ0v) is 15.9. The highest BCUT2D eigenvalue weighted by Gasteiger charge is 2.17. The van der Waals surface area contributed by atoms with Gasteiger partial charge in [-0.15, -0.1) is 0 Å². The summed E-state index contributed by atoms with van der Waals surface area (Å²) in [6.07, 6.45) is 0. The Bertz CT molecular complexity index is 862. The molecule has 0 N–H and O–H groups in total. The molecule has 144 valence electrons. The molecule has 0 bridgehead atoms. The van der Waals surface area contributed by atoms with Crippen LogP contribution >= 0.6 is 0 Å². The van der Waals surface area contributed by atoms with E-state index in [-0.39, 0.29) is 0 Å². The first-order chi connectivity index (χ1) is 13.9. The van der Waals surface area contributed by atoms with E-state index in [1.54, 1.807) is 0 Å². The van der Waals surface area contributed by atoms with E-state index in [4.69, 9.17) is 14.2 Å². The zero-order valence-electron chi connectivity index (χ0n) is 15.9. The molecule has 0 saturated carbocycles. The molecule has 28 heavy (non-hydrogen) atoms. The maximum absolute atomic E-state index is 6.16. The quantitative estimate of drug-likeness (QED) is 0.600. The molecule has 0 radical (unpaired) electrons. The molecule has 3 aromatic rings. The van der Waals surface area contributed by atoms with Gasteiger partial charge in [0.1, 0.15) is 24.7 Å². The molecule has 1 fully saturated rings. The summed E-state index contributed by atoms with van der Waals surface area (Å²) in [7, 11) is 0. The van der Waals surface area contributed by atoms with Crippen molar-refractivity contribution in [1.29, 1.82) is 0 Å². The van der Waals surface area contributed by atoms with Crippen LogP contribution in [0.5, 0.6) is 11.5 Å². The Morgan fingerprint density at radius 2 is 1.32 bits per heavy atom. The second-order valence-electron chi connectivity index (χ2n) is 6.78. The molecule has 0 aromatic heterocycles. The van der Waals surface area contributed by atoms with Crippen LogP contribution in [0, 0.1) is 0 Å². The largest absolute Gasteiger partial charge is 0.489 e. The third kappa shape index (κ3) is 4.84. The molecule has 0 amide bonds. The summed E-state index contributed by atoms with van der Waals surface area (Å²) in [4.78, 5) is 2.30. The molecule has 1 aliphatic heterocycles. The van der Waals surface area contributed by atoms with Crippen LogP contribution < -0.4 is 14.4 Å². The van der Waals surface area contributed by atoms with Crippen molar-refractivity contribution in [1.82, 2.24) is 0 Å². The van der Waals surface area contributed by atoms with Gasteiger partial charge in [0.15, 0.2) is 0 Å². The van der Waals surface area contributed by atoms with Gasteiger partial charge in [-0.25, -0.2) is 0 Å². The first kappa shape index (κ1) is 18.4. The minimum atomic E-state index is 0.544. The van der Waals surface area contributed by atoms with Crippen LogP contribution in [0.3, 0.4) is 0 Å². The number of anilines is 1. The highest BCUT2D eigenvalue weighted by molar-refractivity contribution is 5.62. The number of ether oxygens (including phenoxy) is 3. The monoisotopic (exact) mass is 375 g/mol. The highest BCUT2D eigenvalue weighted by Crippen LogP contribution is 2.34. The Morgan fingerprint density at radius 3 is 1.96 bits per heavy atom. The SMILES string of the molecule is c1ccc(COc2ccc(OCc3ccccc3)c(N3CCOCC3)c2)cc1. The predicted molar refractivity (Wildman–Crippen MR) is 111 cm³/mol. The second-order valence-corrected chi connectivity index (χ2v) is 6.78. The normalized spacial score (nSPS) is 13.9. The van der Waals surface area contributed by atoms with Crippen molar-refractivity contribution < 1.29 is 14.2 Å². The van der Waals surface area contributed by atoms with Gasteiger partial charge in [-0.05, 0) is 23.3 Å². The van der Waals surface area contributed by atoms with Crippen LogP contribution in [0.4, 0.5) is 5.69 Å². The van der Waals surface area contributed by atoms with Gasteiger partial charge < -0.3 is 19.1 Å². The molecule has 4 nitrogen and oxygen atoms in total. The lowest BCUT2D eigenvalue weighted by Crippen LogP contribution is -2.36. The standard InChI is InChI=1S/C24H25NO3/c1-3-7-20(8-4-1)18-27-22-11-12-24(28-19-21-9-5-2-6-10-21)23(17-22)25-13-15-26-16-14-25/h1-12,17H,13-16,18-19H2. The van der Waals surface area contributed by atoms with E-state index >= 15 is 0 Å². The van der Waals surface area contributed by atoms with Crippen LogP contribution in [0.25, 0.3) is 0 Å². The molecule has 0 spiro atoms. The topological polar surface area (TPSA) is 30.9 Å². The predicted octanol–water partition coefficient (Wildman–Crippen LogP) is 4.68. The highest BCUT2D eigenvalue weighted by atomic mass is 16.5. The first-order valence-corrected chi connectivity index (χ1v) is 9.69. The fourth-order valence-corrected chi connectivity index (χ4v) is 3.24. The fraction of sp³-hybridized carbons (Fsp3) is 0.250. The van der Waals surface area contributed by atoms with E-state index in [0.29, 0.717) is 13.2 Å². The van der Waals surface area contributed by atoms with Crippen molar-refractivity contribution in [3.05, 3.63) is 90.0 Å². The Kier molecular flexibility index (Phi) is 6.10. The molecular weight excluding hydrogens is 350 g/mol. The number of hydrogen-bond donors (Lipinski definition) is 0. The second kappa shape index (κ2) is 9.29. The summed E-state index contributed by atoms with van der Waals surface area (Å²) in [6, 6.07) is 26.5. The van der Waals surface area contributed by atoms with Crippen LogP contribution in [0.15, 0.2) is 78.9 Å². The minimum absolute atomic E-state index is 0.544. The molecule has 3 aromatic carbocycles. The molecule has 0 unspecified atom stereocenters. The summed E-state index contributed by atoms with van der Waals surface area (Å²) in [6.45, 7) is 4.25. The number of rotatable bonds is 7. The summed E-state index contributed by atoms with van der Waals surface area (Å²) >= 11 is 0. The lowest BCUT2D eigenvalue weighted by atomic mass is 10.2. The first-order valence-electron chi connectivity index (χ1n) is 9.69. The van der Waals surface area contributed by atoms with Gasteiger partial charge in [-0.3, -0.25) is 0 Å². The summed E-state index contributed by atoms with van der Waals surface area (Å²) in [5.74, 6) is 1.72. The molecule has 0 aliphatic carbocycles. The van der Waals surface area contributed by atoms with E-state index in [2.05, 4.69) is 35.2 Å². The average molecular weight is 375 g/mol. The molecular formula is C24H25NO3. The average Bonchev–Trinajstić information content (AvgIpc) is 2.78. The van der Waals surface area contributed by atoms with Crippen molar-refractivity contribution in [3.63, 3.8) is 0 Å². The Balaban J connectivity index is 1.51. The van der Waals surface area contributed by atoms with Gasteiger partial charge in [0.2, 0.25) is 0 Å². The van der Waals surface area contributed by atoms with Gasteiger partial charge in [0.05, 0.1) is 18.9 Å². The number of benzene rings is 3. The fourth-order valence-electron chi connectivity index (χ4n) is 3.24. The lowest BCUT2D eigenvalue weighted by Gasteiger charge is -2.30. The molecule has 1 saturated heterocycles. The molecule has 4 heteroatoms. The maximum atomic E-state index is 6.16. The van der Waals surface area contributed by atoms with Crippen LogP contribution in [-0.2, 0) is 18.0 Å². The van der Waals surface area contributed by atoms with Crippen molar-refractivity contribution in [2.75, 3.05) is 31.2 Å². The van der Waals surface area contributed by atoms with E-state index in [9.17, 15) is 0 Å². The van der Waals surface area contributed by atoms with E-state index < -0.39 is 0 Å². The van der Waals surface area contributed by atoms with Crippen LogP contribution in [0.2, 0.25) is 0 Å². The summed E-state index contributed by atoms with van der Waals surface area (Å²) < 4.78 is 17.7. The van der Waals surface area contributed by atoms with Gasteiger partial charge >= 0.3 is 0 Å². The van der Waals surface area contributed by atoms with Crippen molar-refractivity contribution >= 4 is 5.69 Å². The van der Waals surface area contributed by atoms with Crippen LogP contribution in [0.1, 0.15) is 11.1 Å². The Hall–Kier alpha value is -2.98. The van der Waals surface area contributed by atoms with Crippen LogP contribution in [-0.4, -0.2) is 26.3 Å². The van der Waals surface area contributed by atoms with E-state index in [1.165, 1.54) is 0 Å². The Morgan fingerprint density at radius 1 is 0.714 bits per heavy atom. The smallest absolute Gasteiger partial charge is 0.143 e. The van der Waals surface area contributed by atoms with Gasteiger partial charge in [0.25, 0.3) is 0 Å². The van der Waals surface area contributed by atoms with Gasteiger partial charge in [-0.1, -0.05) is 60.7 Å². The van der Waals surface area contributed by atoms with Gasteiger partial charge in [-0.2, -0.15) is 0 Å². The Labute approximate surface area is 166 Å². The summed E-state index contributed by atoms with van der Waals surface area (Å²) in [5, 5.41) is 0. The van der Waals surface area contributed by atoms with Crippen molar-refractivity contribution in [3.8, 4) is 11.5 Å². The van der Waals surface area contributed by atoms with E-state index in [0.717, 1.165) is 54.6 Å². The minimum Gasteiger partial charge on any atom is -0.489 e. The van der Waals surface area contributed by atoms with Crippen molar-refractivity contribution in [2.45, 2.75) is 13.2 Å². The third-order valence-corrected chi connectivity index (χ3v) is 4.77. The molecule has 4 rings (SSSR count). The molecule has 0 atom stereocenters. The number of morpholine rings is 1. The third-order valence-electron chi connectivity index (χ3n) is 4.77. The van der Waals surface area contributed by atoms with E-state index in [1.807, 2.05) is 48.5 Å². The maximum Gasteiger partial charge on any atom is 0.143 e. The molecule has 1 heterocycles.